The maximum absolute atomic E-state index is 12.4. The fraction of sp³-hybridized carbons (Fsp3) is 0.769. The summed E-state index contributed by atoms with van der Waals surface area (Å²) in [6, 6.07) is 0.908. The van der Waals surface area contributed by atoms with Crippen LogP contribution in [0.1, 0.15) is 19.5 Å². The van der Waals surface area contributed by atoms with Crippen LogP contribution in [0.15, 0.2) is 12.3 Å². The molecule has 21 heavy (non-hydrogen) atoms. The average molecular weight is 307 g/mol. The lowest BCUT2D eigenvalue weighted by Gasteiger charge is -2.36. The van der Waals surface area contributed by atoms with Crippen LogP contribution in [0.4, 0.5) is 13.2 Å². The van der Waals surface area contributed by atoms with E-state index in [1.165, 1.54) is 6.20 Å². The maximum Gasteiger partial charge on any atom is 0.435 e. The molecule has 1 aromatic heterocycles. The van der Waals surface area contributed by atoms with Crippen LogP contribution in [0.5, 0.6) is 0 Å². The van der Waals surface area contributed by atoms with Crippen LogP contribution in [0.25, 0.3) is 0 Å². The molecule has 1 aromatic rings. The summed E-state index contributed by atoms with van der Waals surface area (Å²) in [5.41, 5.74) is -0.941. The predicted molar refractivity (Wildman–Crippen MR) is 69.7 cm³/mol. The summed E-state index contributed by atoms with van der Waals surface area (Å²) in [5, 5.41) is 13.4. The van der Waals surface area contributed by atoms with Crippen molar-refractivity contribution in [2.45, 2.75) is 44.9 Å². The molecule has 1 aliphatic rings. The number of ether oxygens (including phenoxy) is 1. The molecule has 1 fully saturated rings. The lowest BCUT2D eigenvalue weighted by atomic mass is 10.2. The molecule has 0 amide bonds. The number of aromatic nitrogens is 2. The minimum atomic E-state index is -4.45. The lowest BCUT2D eigenvalue weighted by Crippen LogP contribution is -2.48. The van der Waals surface area contributed by atoms with Crippen molar-refractivity contribution in [1.29, 1.82) is 0 Å². The second kappa shape index (κ2) is 6.33. The number of hydrogen-bond acceptors (Lipinski definition) is 4. The van der Waals surface area contributed by atoms with Gasteiger partial charge in [-0.25, -0.2) is 0 Å². The van der Waals surface area contributed by atoms with E-state index in [1.54, 1.807) is 0 Å². The molecule has 1 N–H and O–H groups in total. The molecular weight excluding hydrogens is 287 g/mol. The molecule has 2 rings (SSSR count). The molecule has 8 heteroatoms. The van der Waals surface area contributed by atoms with Crippen molar-refractivity contribution in [2.24, 2.45) is 0 Å². The van der Waals surface area contributed by atoms with E-state index in [9.17, 15) is 18.3 Å². The number of hydrogen-bond donors (Lipinski definition) is 1. The second-order valence-electron chi connectivity index (χ2n) is 5.55. The first-order chi connectivity index (χ1) is 9.74. The van der Waals surface area contributed by atoms with Crippen LogP contribution in [-0.4, -0.2) is 57.7 Å². The molecule has 0 aromatic carbocycles. The number of aliphatic hydroxyl groups is 1. The largest absolute Gasteiger partial charge is 0.435 e. The number of morpholine rings is 1. The molecule has 5 nitrogen and oxygen atoms in total. The van der Waals surface area contributed by atoms with Crippen LogP contribution < -0.4 is 0 Å². The molecule has 0 radical (unpaired) electrons. The Kier molecular flexibility index (Phi) is 4.90. The van der Waals surface area contributed by atoms with Gasteiger partial charge < -0.3 is 9.84 Å². The van der Waals surface area contributed by atoms with E-state index in [0.29, 0.717) is 19.6 Å². The average Bonchev–Trinajstić information content (AvgIpc) is 2.75. The zero-order chi connectivity index (χ0) is 15.6. The normalized spacial score (nSPS) is 26.0. The molecule has 1 saturated heterocycles. The monoisotopic (exact) mass is 307 g/mol. The highest BCUT2D eigenvalue weighted by molar-refractivity contribution is 5.03. The third-order valence-electron chi connectivity index (χ3n) is 3.29. The van der Waals surface area contributed by atoms with Gasteiger partial charge in [-0.1, -0.05) is 0 Å². The number of aliphatic hydroxyl groups excluding tert-OH is 1. The minimum Gasteiger partial charge on any atom is -0.390 e. The molecule has 0 saturated carbocycles. The van der Waals surface area contributed by atoms with Gasteiger partial charge >= 0.3 is 6.18 Å². The Bertz CT molecular complexity index is 454. The summed E-state index contributed by atoms with van der Waals surface area (Å²) in [5.74, 6) is 0. The Balaban J connectivity index is 1.87. The van der Waals surface area contributed by atoms with Crippen molar-refractivity contribution >= 4 is 0 Å². The number of rotatable bonds is 4. The summed E-state index contributed by atoms with van der Waals surface area (Å²) in [7, 11) is 0. The van der Waals surface area contributed by atoms with Gasteiger partial charge in [0, 0.05) is 25.8 Å². The molecule has 0 bridgehead atoms. The molecule has 0 spiro atoms. The van der Waals surface area contributed by atoms with E-state index >= 15 is 0 Å². The Morgan fingerprint density at radius 2 is 1.95 bits per heavy atom. The Labute approximate surface area is 121 Å². The summed E-state index contributed by atoms with van der Waals surface area (Å²) < 4.78 is 44.0. The fourth-order valence-corrected chi connectivity index (χ4v) is 2.62. The topological polar surface area (TPSA) is 50.5 Å². The van der Waals surface area contributed by atoms with Crippen LogP contribution in [0.2, 0.25) is 0 Å². The van der Waals surface area contributed by atoms with Gasteiger partial charge in [-0.2, -0.15) is 18.3 Å². The van der Waals surface area contributed by atoms with E-state index < -0.39 is 18.0 Å². The smallest absolute Gasteiger partial charge is 0.390 e. The van der Waals surface area contributed by atoms with E-state index in [4.69, 9.17) is 4.74 Å². The van der Waals surface area contributed by atoms with E-state index in [-0.39, 0.29) is 18.8 Å². The van der Waals surface area contributed by atoms with E-state index in [0.717, 1.165) is 10.7 Å². The van der Waals surface area contributed by atoms with E-state index in [2.05, 4.69) is 10.00 Å². The highest BCUT2D eigenvalue weighted by Crippen LogP contribution is 2.27. The highest BCUT2D eigenvalue weighted by atomic mass is 19.4. The summed E-state index contributed by atoms with van der Waals surface area (Å²) in [4.78, 5) is 2.05. The molecule has 3 unspecified atom stereocenters. The Morgan fingerprint density at radius 3 is 2.48 bits per heavy atom. The van der Waals surface area contributed by atoms with Gasteiger partial charge in [0.15, 0.2) is 5.69 Å². The van der Waals surface area contributed by atoms with Gasteiger partial charge in [-0.05, 0) is 19.9 Å². The maximum atomic E-state index is 12.4. The highest BCUT2D eigenvalue weighted by Gasteiger charge is 2.33. The van der Waals surface area contributed by atoms with Crippen molar-refractivity contribution in [3.8, 4) is 0 Å². The summed E-state index contributed by atoms with van der Waals surface area (Å²) in [6.45, 7) is 5.74. The van der Waals surface area contributed by atoms with Crippen molar-refractivity contribution in [2.75, 3.05) is 19.6 Å². The quantitative estimate of drug-likeness (QED) is 0.913. The van der Waals surface area contributed by atoms with Crippen molar-refractivity contribution < 1.29 is 23.0 Å². The molecule has 120 valence electrons. The van der Waals surface area contributed by atoms with Crippen LogP contribution in [-0.2, 0) is 17.5 Å². The zero-order valence-electron chi connectivity index (χ0n) is 12.0. The van der Waals surface area contributed by atoms with Crippen molar-refractivity contribution in [3.05, 3.63) is 18.0 Å². The van der Waals surface area contributed by atoms with Gasteiger partial charge in [0.25, 0.3) is 0 Å². The minimum absolute atomic E-state index is 0.0379. The summed E-state index contributed by atoms with van der Waals surface area (Å²) in [6.07, 6.45) is -3.82. The van der Waals surface area contributed by atoms with Crippen LogP contribution in [0.3, 0.4) is 0 Å². The summed E-state index contributed by atoms with van der Waals surface area (Å²) >= 11 is 0. The van der Waals surface area contributed by atoms with Gasteiger partial charge in [0.05, 0.1) is 24.9 Å². The zero-order valence-corrected chi connectivity index (χ0v) is 12.0. The SMILES string of the molecule is CC1CN(CC(O)Cn2ccc(C(F)(F)F)n2)CC(C)O1. The third-order valence-corrected chi connectivity index (χ3v) is 3.29. The Morgan fingerprint density at radius 1 is 1.33 bits per heavy atom. The third kappa shape index (κ3) is 4.69. The predicted octanol–water partition coefficient (Wildman–Crippen LogP) is 1.37. The van der Waals surface area contributed by atoms with Crippen LogP contribution >= 0.6 is 0 Å². The molecule has 1 aliphatic heterocycles. The number of β-amino-alcohol motifs (C(OH)–C–C–N with tert-alkyl or cyclic N) is 1. The Hall–Kier alpha value is -1.12. The number of nitrogens with zero attached hydrogens (tertiary/aromatic N) is 3. The number of alkyl halides is 3. The molecular formula is C13H20F3N3O2. The van der Waals surface area contributed by atoms with E-state index in [1.807, 2.05) is 13.8 Å². The molecule has 3 atom stereocenters. The van der Waals surface area contributed by atoms with Gasteiger partial charge in [0.2, 0.25) is 0 Å². The van der Waals surface area contributed by atoms with Crippen molar-refractivity contribution in [1.82, 2.24) is 14.7 Å². The first kappa shape index (κ1) is 16.3. The molecule has 0 aliphatic carbocycles. The molecule has 2 heterocycles. The second-order valence-corrected chi connectivity index (χ2v) is 5.55. The first-order valence-corrected chi connectivity index (χ1v) is 6.90. The van der Waals surface area contributed by atoms with Crippen LogP contribution in [0, 0.1) is 0 Å². The number of halogens is 3. The van der Waals surface area contributed by atoms with Gasteiger partial charge in [-0.3, -0.25) is 9.58 Å². The van der Waals surface area contributed by atoms with Gasteiger partial charge in [-0.15, -0.1) is 0 Å². The standard InChI is InChI=1S/C13H20F3N3O2/c1-9-5-18(6-10(2)21-9)7-11(20)8-19-4-3-12(17-19)13(14,15)16/h3-4,9-11,20H,5-8H2,1-2H3. The van der Waals surface area contributed by atoms with Gasteiger partial charge in [0.1, 0.15) is 0 Å². The first-order valence-electron chi connectivity index (χ1n) is 6.90. The van der Waals surface area contributed by atoms with Crippen molar-refractivity contribution in [3.63, 3.8) is 0 Å². The lowest BCUT2D eigenvalue weighted by molar-refractivity contribution is -0.141. The fourth-order valence-electron chi connectivity index (χ4n) is 2.62.